The van der Waals surface area contributed by atoms with Crippen molar-refractivity contribution in [1.82, 2.24) is 0 Å². The molecule has 0 amide bonds. The Morgan fingerprint density at radius 1 is 1.21 bits per heavy atom. The van der Waals surface area contributed by atoms with E-state index in [1.54, 1.807) is 24.3 Å². The summed E-state index contributed by atoms with van der Waals surface area (Å²) in [7, 11) is 0. The van der Waals surface area contributed by atoms with Crippen LogP contribution in [0.1, 0.15) is 5.56 Å². The summed E-state index contributed by atoms with van der Waals surface area (Å²) in [5.41, 5.74) is 0.815. The van der Waals surface area contributed by atoms with Crippen molar-refractivity contribution in [2.75, 3.05) is 0 Å². The zero-order valence-corrected chi connectivity index (χ0v) is 10.4. The Bertz CT molecular complexity index is 639. The van der Waals surface area contributed by atoms with Gasteiger partial charge in [-0.3, -0.25) is 15.1 Å². The molecule has 0 saturated carbocycles. The fraction of sp³-hybridized carbons (Fsp3) is 0. The molecule has 5 nitrogen and oxygen atoms in total. The highest BCUT2D eigenvalue weighted by molar-refractivity contribution is 6.30. The molecule has 1 N–H and O–H groups in total. The molecular weight excluding hydrogens is 268 g/mol. The molecule has 6 heteroatoms. The van der Waals surface area contributed by atoms with Crippen LogP contribution in [0.2, 0.25) is 5.02 Å². The number of benzene rings is 2. The Morgan fingerprint density at radius 2 is 1.89 bits per heavy atom. The summed E-state index contributed by atoms with van der Waals surface area (Å²) >= 11 is 5.74. The van der Waals surface area contributed by atoms with Gasteiger partial charge >= 0.3 is 0 Å². The van der Waals surface area contributed by atoms with Crippen molar-refractivity contribution in [3.05, 3.63) is 63.2 Å². The molecule has 0 unspecified atom stereocenters. The second-order valence-electron chi connectivity index (χ2n) is 3.73. The Kier molecular flexibility index (Phi) is 3.77. The van der Waals surface area contributed by atoms with Crippen LogP contribution in [-0.2, 0) is 0 Å². The minimum Gasteiger partial charge on any atom is -0.507 e. The number of phenolic OH excluding ortho intramolecular Hbond substituents is 1. The van der Waals surface area contributed by atoms with Crippen LogP contribution >= 0.6 is 11.6 Å². The van der Waals surface area contributed by atoms with Gasteiger partial charge in [-0.2, -0.15) is 0 Å². The molecule has 0 aromatic heterocycles. The van der Waals surface area contributed by atoms with Crippen molar-refractivity contribution >= 4 is 29.2 Å². The van der Waals surface area contributed by atoms with E-state index in [2.05, 4.69) is 4.99 Å². The molecule has 0 heterocycles. The minimum absolute atomic E-state index is 0.0664. The smallest absolute Gasteiger partial charge is 0.270 e. The van der Waals surface area contributed by atoms with Crippen molar-refractivity contribution in [1.29, 1.82) is 0 Å². The van der Waals surface area contributed by atoms with Gasteiger partial charge in [-0.25, -0.2) is 0 Å². The van der Waals surface area contributed by atoms with Gasteiger partial charge in [-0.1, -0.05) is 11.6 Å². The number of nitro groups is 1. The number of aliphatic imine (C=N–C) groups is 1. The normalized spacial score (nSPS) is 10.8. The van der Waals surface area contributed by atoms with E-state index < -0.39 is 4.92 Å². The van der Waals surface area contributed by atoms with Crippen LogP contribution in [0, 0.1) is 10.1 Å². The highest BCUT2D eigenvalue weighted by atomic mass is 35.5. The van der Waals surface area contributed by atoms with E-state index in [0.29, 0.717) is 10.7 Å². The molecule has 0 aliphatic carbocycles. The summed E-state index contributed by atoms with van der Waals surface area (Å²) in [6, 6.07) is 10.5. The van der Waals surface area contributed by atoms with Crippen LogP contribution in [0.3, 0.4) is 0 Å². The first-order chi connectivity index (χ1) is 9.06. The third kappa shape index (κ3) is 3.29. The molecule has 0 fully saturated rings. The topological polar surface area (TPSA) is 75.7 Å². The standard InChI is InChI=1S/C13H9ClN2O3/c14-10-1-3-11(4-2-10)15-8-9-7-12(16(18)19)5-6-13(9)17/h1-8,17H. The number of aromatic hydroxyl groups is 1. The first kappa shape index (κ1) is 13.0. The van der Waals surface area contributed by atoms with Gasteiger partial charge in [0.1, 0.15) is 5.75 Å². The summed E-state index contributed by atoms with van der Waals surface area (Å²) in [6.07, 6.45) is 1.37. The molecular formula is C13H9ClN2O3. The molecule has 0 bridgehead atoms. The van der Waals surface area contributed by atoms with Gasteiger partial charge in [0, 0.05) is 28.9 Å². The highest BCUT2D eigenvalue weighted by Crippen LogP contribution is 2.22. The fourth-order valence-corrected chi connectivity index (χ4v) is 1.56. The lowest BCUT2D eigenvalue weighted by Crippen LogP contribution is -1.90. The van der Waals surface area contributed by atoms with Crippen LogP contribution < -0.4 is 0 Å². The van der Waals surface area contributed by atoms with Gasteiger partial charge in [0.25, 0.3) is 5.69 Å². The lowest BCUT2D eigenvalue weighted by atomic mass is 10.2. The molecule has 2 aromatic rings. The second-order valence-corrected chi connectivity index (χ2v) is 4.17. The van der Waals surface area contributed by atoms with Crippen LogP contribution in [0.5, 0.6) is 5.75 Å². The second kappa shape index (κ2) is 5.49. The Balaban J connectivity index is 2.29. The van der Waals surface area contributed by atoms with Gasteiger partial charge in [0.2, 0.25) is 0 Å². The summed E-state index contributed by atoms with van der Waals surface area (Å²) in [6.45, 7) is 0. The first-order valence-corrected chi connectivity index (χ1v) is 5.71. The lowest BCUT2D eigenvalue weighted by molar-refractivity contribution is -0.384. The molecule has 96 valence electrons. The number of hydrogen-bond donors (Lipinski definition) is 1. The third-order valence-corrected chi connectivity index (χ3v) is 2.65. The van der Waals surface area contributed by atoms with Crippen LogP contribution in [-0.4, -0.2) is 16.2 Å². The van der Waals surface area contributed by atoms with E-state index in [0.717, 1.165) is 0 Å². The first-order valence-electron chi connectivity index (χ1n) is 5.33. The van der Waals surface area contributed by atoms with Crippen LogP contribution in [0.4, 0.5) is 11.4 Å². The average molecular weight is 277 g/mol. The third-order valence-electron chi connectivity index (χ3n) is 2.40. The number of phenols is 1. The largest absolute Gasteiger partial charge is 0.507 e. The maximum atomic E-state index is 10.6. The van der Waals surface area contributed by atoms with E-state index in [1.165, 1.54) is 24.4 Å². The van der Waals surface area contributed by atoms with Crippen molar-refractivity contribution in [2.45, 2.75) is 0 Å². The molecule has 0 aliphatic rings. The quantitative estimate of drug-likeness (QED) is 0.527. The SMILES string of the molecule is O=[N+]([O-])c1ccc(O)c(C=Nc2ccc(Cl)cc2)c1. The molecule has 19 heavy (non-hydrogen) atoms. The predicted molar refractivity (Wildman–Crippen MR) is 73.5 cm³/mol. The van der Waals surface area contributed by atoms with Crippen molar-refractivity contribution in [2.24, 2.45) is 4.99 Å². The van der Waals surface area contributed by atoms with Crippen LogP contribution in [0.25, 0.3) is 0 Å². The van der Waals surface area contributed by atoms with Gasteiger partial charge < -0.3 is 5.11 Å². The van der Waals surface area contributed by atoms with Gasteiger partial charge in [-0.05, 0) is 30.3 Å². The molecule has 0 saturated heterocycles. The van der Waals surface area contributed by atoms with Gasteiger partial charge in [-0.15, -0.1) is 0 Å². The maximum absolute atomic E-state index is 10.6. The number of halogens is 1. The number of nitro benzene ring substituents is 1. The Labute approximate surface area is 113 Å². The monoisotopic (exact) mass is 276 g/mol. The summed E-state index contributed by atoms with van der Waals surface area (Å²) in [5.74, 6) is -0.0664. The zero-order valence-electron chi connectivity index (χ0n) is 9.65. The summed E-state index contributed by atoms with van der Waals surface area (Å²) in [4.78, 5) is 14.2. The van der Waals surface area contributed by atoms with Gasteiger partial charge in [0.15, 0.2) is 0 Å². The molecule has 0 radical (unpaired) electrons. The number of rotatable bonds is 3. The van der Waals surface area contributed by atoms with E-state index in [-0.39, 0.29) is 17.0 Å². The molecule has 0 spiro atoms. The van der Waals surface area contributed by atoms with Crippen LogP contribution in [0.15, 0.2) is 47.5 Å². The molecule has 2 aromatic carbocycles. The van der Waals surface area contributed by atoms with Gasteiger partial charge in [0.05, 0.1) is 10.6 Å². The van der Waals surface area contributed by atoms with Crippen molar-refractivity contribution in [3.8, 4) is 5.75 Å². The number of nitrogens with zero attached hydrogens (tertiary/aromatic N) is 2. The minimum atomic E-state index is -0.529. The Hall–Kier alpha value is -2.40. The maximum Gasteiger partial charge on any atom is 0.270 e. The fourth-order valence-electron chi connectivity index (χ4n) is 1.43. The average Bonchev–Trinajstić information content (AvgIpc) is 2.39. The van der Waals surface area contributed by atoms with E-state index in [1.807, 2.05) is 0 Å². The molecule has 0 atom stereocenters. The summed E-state index contributed by atoms with van der Waals surface area (Å²) < 4.78 is 0. The Morgan fingerprint density at radius 3 is 2.53 bits per heavy atom. The molecule has 2 rings (SSSR count). The predicted octanol–water partition coefficient (Wildman–Crippen LogP) is 3.70. The molecule has 0 aliphatic heterocycles. The lowest BCUT2D eigenvalue weighted by Gasteiger charge is -1.99. The van der Waals surface area contributed by atoms with E-state index in [9.17, 15) is 15.2 Å². The van der Waals surface area contributed by atoms with Crippen molar-refractivity contribution in [3.63, 3.8) is 0 Å². The summed E-state index contributed by atoms with van der Waals surface area (Å²) in [5, 5.41) is 20.8. The van der Waals surface area contributed by atoms with E-state index >= 15 is 0 Å². The number of non-ortho nitro benzene ring substituents is 1. The van der Waals surface area contributed by atoms with Crippen molar-refractivity contribution < 1.29 is 10.0 Å². The zero-order chi connectivity index (χ0) is 13.8. The highest BCUT2D eigenvalue weighted by Gasteiger charge is 2.08. The van der Waals surface area contributed by atoms with E-state index in [4.69, 9.17) is 11.6 Å². The number of hydrogen-bond acceptors (Lipinski definition) is 4.